The Kier molecular flexibility index (Phi) is 5.08. The molecule has 0 radical (unpaired) electrons. The minimum atomic E-state index is 0.0620. The van der Waals surface area contributed by atoms with Crippen LogP contribution in [-0.4, -0.2) is 32.2 Å². The van der Waals surface area contributed by atoms with Crippen LogP contribution in [0.1, 0.15) is 12.0 Å². The van der Waals surface area contributed by atoms with Crippen molar-refractivity contribution in [2.24, 2.45) is 0 Å². The van der Waals surface area contributed by atoms with E-state index in [9.17, 15) is 4.79 Å². The van der Waals surface area contributed by atoms with Gasteiger partial charge < -0.3 is 15.0 Å². The number of thiophene rings is 1. The second-order valence-corrected chi connectivity index (χ2v) is 6.08. The Morgan fingerprint density at radius 1 is 1.23 bits per heavy atom. The summed E-state index contributed by atoms with van der Waals surface area (Å²) < 4.78 is 5.39. The number of morpholine rings is 1. The Morgan fingerprint density at radius 2 is 2.05 bits per heavy atom. The summed E-state index contributed by atoms with van der Waals surface area (Å²) in [7, 11) is 0. The van der Waals surface area contributed by atoms with E-state index in [1.165, 1.54) is 5.56 Å². The van der Waals surface area contributed by atoms with E-state index in [2.05, 4.69) is 27.7 Å². The second kappa shape index (κ2) is 7.42. The number of carbonyl (C=O) groups excluding carboxylic acids is 1. The first-order chi connectivity index (χ1) is 10.8. The molecule has 1 aromatic carbocycles. The Labute approximate surface area is 134 Å². The van der Waals surface area contributed by atoms with E-state index in [0.717, 1.165) is 44.1 Å². The quantitative estimate of drug-likeness (QED) is 0.921. The summed E-state index contributed by atoms with van der Waals surface area (Å²) in [6.45, 7) is 3.20. The monoisotopic (exact) mass is 316 g/mol. The van der Waals surface area contributed by atoms with Gasteiger partial charge >= 0.3 is 0 Å². The number of anilines is 2. The summed E-state index contributed by atoms with van der Waals surface area (Å²) in [6, 6.07) is 10.1. The third-order valence-corrected chi connectivity index (χ3v) is 4.48. The van der Waals surface area contributed by atoms with Crippen molar-refractivity contribution in [2.75, 3.05) is 36.5 Å². The molecule has 3 rings (SSSR count). The fraction of sp³-hybridized carbons (Fsp3) is 0.353. The maximum Gasteiger partial charge on any atom is 0.224 e. The molecule has 22 heavy (non-hydrogen) atoms. The van der Waals surface area contributed by atoms with Crippen LogP contribution < -0.4 is 10.2 Å². The van der Waals surface area contributed by atoms with Crippen LogP contribution in [0.4, 0.5) is 11.4 Å². The summed E-state index contributed by atoms with van der Waals surface area (Å²) in [5.74, 6) is 0.0620. The molecular weight excluding hydrogens is 296 g/mol. The molecule has 1 aliphatic heterocycles. The number of nitrogens with zero attached hydrogens (tertiary/aromatic N) is 1. The minimum Gasteiger partial charge on any atom is -0.378 e. The lowest BCUT2D eigenvalue weighted by Crippen LogP contribution is -2.36. The zero-order chi connectivity index (χ0) is 15.2. The van der Waals surface area contributed by atoms with Crippen LogP contribution >= 0.6 is 11.3 Å². The Bertz CT molecular complexity index is 607. The summed E-state index contributed by atoms with van der Waals surface area (Å²) in [5, 5.41) is 7.19. The van der Waals surface area contributed by atoms with Gasteiger partial charge in [0.1, 0.15) is 0 Å². The van der Waals surface area contributed by atoms with Gasteiger partial charge in [-0.2, -0.15) is 11.3 Å². The number of benzene rings is 1. The Morgan fingerprint density at radius 3 is 2.82 bits per heavy atom. The van der Waals surface area contributed by atoms with Crippen molar-refractivity contribution in [3.05, 3.63) is 46.7 Å². The van der Waals surface area contributed by atoms with Gasteiger partial charge in [0, 0.05) is 19.5 Å². The molecule has 1 N–H and O–H groups in total. The molecule has 5 heteroatoms. The number of rotatable bonds is 5. The molecule has 1 aromatic heterocycles. The molecule has 0 saturated carbocycles. The van der Waals surface area contributed by atoms with E-state index in [0.29, 0.717) is 6.42 Å². The summed E-state index contributed by atoms with van der Waals surface area (Å²) >= 11 is 1.67. The number of hydrogen-bond donors (Lipinski definition) is 1. The lowest BCUT2D eigenvalue weighted by atomic mass is 10.1. The molecule has 1 amide bonds. The SMILES string of the molecule is O=C(CCc1ccsc1)Nc1ccccc1N1CCOCC1. The van der Waals surface area contributed by atoms with Gasteiger partial charge in [-0.25, -0.2) is 0 Å². The van der Waals surface area contributed by atoms with Crippen molar-refractivity contribution in [1.82, 2.24) is 0 Å². The lowest BCUT2D eigenvalue weighted by Gasteiger charge is -2.30. The number of hydrogen-bond acceptors (Lipinski definition) is 4. The van der Waals surface area contributed by atoms with Gasteiger partial charge in [-0.05, 0) is 40.9 Å². The average Bonchev–Trinajstić information content (AvgIpc) is 3.08. The van der Waals surface area contributed by atoms with Crippen LogP contribution in [0.3, 0.4) is 0 Å². The summed E-state index contributed by atoms with van der Waals surface area (Å²) in [5.41, 5.74) is 3.19. The Hall–Kier alpha value is -1.85. The fourth-order valence-electron chi connectivity index (χ4n) is 2.56. The van der Waals surface area contributed by atoms with Gasteiger partial charge in [0.05, 0.1) is 24.6 Å². The highest BCUT2D eigenvalue weighted by Gasteiger charge is 2.15. The molecule has 116 valence electrons. The van der Waals surface area contributed by atoms with Crippen LogP contribution in [0, 0.1) is 0 Å². The van der Waals surface area contributed by atoms with E-state index in [4.69, 9.17) is 4.74 Å². The minimum absolute atomic E-state index is 0.0620. The molecule has 4 nitrogen and oxygen atoms in total. The van der Waals surface area contributed by atoms with Crippen LogP contribution in [-0.2, 0) is 16.0 Å². The average molecular weight is 316 g/mol. The van der Waals surface area contributed by atoms with E-state index in [1.54, 1.807) is 11.3 Å². The van der Waals surface area contributed by atoms with Crippen molar-refractivity contribution < 1.29 is 9.53 Å². The van der Waals surface area contributed by atoms with Gasteiger partial charge in [-0.15, -0.1) is 0 Å². The molecule has 1 saturated heterocycles. The number of carbonyl (C=O) groups is 1. The standard InChI is InChI=1S/C17H20N2O2S/c20-17(6-5-14-7-12-22-13-14)18-15-3-1-2-4-16(15)19-8-10-21-11-9-19/h1-4,7,12-13H,5-6,8-11H2,(H,18,20). The molecule has 0 bridgehead atoms. The fourth-order valence-corrected chi connectivity index (χ4v) is 3.27. The van der Waals surface area contributed by atoms with Crippen molar-refractivity contribution in [1.29, 1.82) is 0 Å². The van der Waals surface area contributed by atoms with Gasteiger partial charge in [-0.3, -0.25) is 4.79 Å². The Balaban J connectivity index is 1.62. The first-order valence-electron chi connectivity index (χ1n) is 7.55. The molecule has 2 heterocycles. The van der Waals surface area contributed by atoms with Gasteiger partial charge in [0.15, 0.2) is 0 Å². The molecular formula is C17H20N2O2S. The smallest absolute Gasteiger partial charge is 0.224 e. The lowest BCUT2D eigenvalue weighted by molar-refractivity contribution is -0.116. The van der Waals surface area contributed by atoms with E-state index >= 15 is 0 Å². The number of amides is 1. The zero-order valence-electron chi connectivity index (χ0n) is 12.5. The van der Waals surface area contributed by atoms with Crippen molar-refractivity contribution in [3.8, 4) is 0 Å². The topological polar surface area (TPSA) is 41.6 Å². The van der Waals surface area contributed by atoms with Crippen LogP contribution in [0.15, 0.2) is 41.1 Å². The van der Waals surface area contributed by atoms with Crippen LogP contribution in [0.2, 0.25) is 0 Å². The first kappa shape index (κ1) is 15.1. The highest BCUT2D eigenvalue weighted by atomic mass is 32.1. The number of nitrogens with one attached hydrogen (secondary N) is 1. The predicted molar refractivity (Wildman–Crippen MR) is 90.7 cm³/mol. The molecule has 2 aromatic rings. The van der Waals surface area contributed by atoms with Crippen molar-refractivity contribution >= 4 is 28.6 Å². The molecule has 0 aliphatic carbocycles. The highest BCUT2D eigenvalue weighted by Crippen LogP contribution is 2.26. The second-order valence-electron chi connectivity index (χ2n) is 5.30. The molecule has 0 atom stereocenters. The maximum absolute atomic E-state index is 12.2. The van der Waals surface area contributed by atoms with Gasteiger partial charge in [0.2, 0.25) is 5.91 Å². The predicted octanol–water partition coefficient (Wildman–Crippen LogP) is 3.16. The highest BCUT2D eigenvalue weighted by molar-refractivity contribution is 7.07. The van der Waals surface area contributed by atoms with Gasteiger partial charge in [0.25, 0.3) is 0 Å². The molecule has 1 fully saturated rings. The molecule has 1 aliphatic rings. The third kappa shape index (κ3) is 3.87. The normalized spacial score (nSPS) is 14.8. The maximum atomic E-state index is 12.2. The summed E-state index contributed by atoms with van der Waals surface area (Å²) in [6.07, 6.45) is 1.29. The first-order valence-corrected chi connectivity index (χ1v) is 8.50. The van der Waals surface area contributed by atoms with E-state index in [-0.39, 0.29) is 5.91 Å². The van der Waals surface area contributed by atoms with Crippen LogP contribution in [0.5, 0.6) is 0 Å². The molecule has 0 unspecified atom stereocenters. The summed E-state index contributed by atoms with van der Waals surface area (Å²) in [4.78, 5) is 14.5. The number of para-hydroxylation sites is 2. The number of ether oxygens (including phenoxy) is 1. The van der Waals surface area contributed by atoms with E-state index < -0.39 is 0 Å². The number of aryl methyl sites for hydroxylation is 1. The zero-order valence-corrected chi connectivity index (χ0v) is 13.3. The van der Waals surface area contributed by atoms with E-state index in [1.807, 2.05) is 23.6 Å². The van der Waals surface area contributed by atoms with Crippen LogP contribution in [0.25, 0.3) is 0 Å². The van der Waals surface area contributed by atoms with Crippen molar-refractivity contribution in [3.63, 3.8) is 0 Å². The molecule has 0 spiro atoms. The van der Waals surface area contributed by atoms with Gasteiger partial charge in [-0.1, -0.05) is 12.1 Å². The third-order valence-electron chi connectivity index (χ3n) is 3.75. The van der Waals surface area contributed by atoms with Crippen molar-refractivity contribution in [2.45, 2.75) is 12.8 Å². The largest absolute Gasteiger partial charge is 0.378 e.